The molecular formula is C12H18N2O4. The van der Waals surface area contributed by atoms with Gasteiger partial charge < -0.3 is 15.6 Å². The summed E-state index contributed by atoms with van der Waals surface area (Å²) in [5.41, 5.74) is 5.09. The second-order valence-corrected chi connectivity index (χ2v) is 4.40. The summed E-state index contributed by atoms with van der Waals surface area (Å²) in [5, 5.41) is 20.7. The van der Waals surface area contributed by atoms with E-state index in [1.165, 1.54) is 12.1 Å². The highest BCUT2D eigenvalue weighted by Crippen LogP contribution is 2.28. The number of hydrogen-bond acceptors (Lipinski definition) is 5. The standard InChI is InChI=1S/C12H18N2O4/c1-3-12(2,15)8-18-11-6-9(7-13)4-5-10(11)14(16)17/h4-6,15H,3,7-8,13H2,1-2H3. The third-order valence-corrected chi connectivity index (χ3v) is 2.76. The molecule has 6 heteroatoms. The van der Waals surface area contributed by atoms with Crippen molar-refractivity contribution >= 4 is 5.69 Å². The Labute approximate surface area is 106 Å². The van der Waals surface area contributed by atoms with E-state index >= 15 is 0 Å². The van der Waals surface area contributed by atoms with E-state index < -0.39 is 10.5 Å². The van der Waals surface area contributed by atoms with Gasteiger partial charge in [0.15, 0.2) is 5.75 Å². The van der Waals surface area contributed by atoms with Crippen LogP contribution in [0.2, 0.25) is 0 Å². The van der Waals surface area contributed by atoms with Crippen molar-refractivity contribution in [2.24, 2.45) is 5.73 Å². The molecule has 0 radical (unpaired) electrons. The number of ether oxygens (including phenoxy) is 1. The molecule has 0 saturated carbocycles. The fourth-order valence-electron chi connectivity index (χ4n) is 1.29. The van der Waals surface area contributed by atoms with Gasteiger partial charge in [-0.15, -0.1) is 0 Å². The molecule has 1 unspecified atom stereocenters. The molecule has 0 fully saturated rings. The van der Waals surface area contributed by atoms with Crippen LogP contribution in [0.1, 0.15) is 25.8 Å². The topological polar surface area (TPSA) is 98.6 Å². The van der Waals surface area contributed by atoms with Crippen molar-refractivity contribution in [3.05, 3.63) is 33.9 Å². The maximum absolute atomic E-state index is 10.8. The highest BCUT2D eigenvalue weighted by atomic mass is 16.6. The van der Waals surface area contributed by atoms with Gasteiger partial charge in [0.05, 0.1) is 10.5 Å². The first-order valence-electron chi connectivity index (χ1n) is 5.72. The second-order valence-electron chi connectivity index (χ2n) is 4.40. The van der Waals surface area contributed by atoms with Crippen LogP contribution in [0, 0.1) is 10.1 Å². The molecule has 1 rings (SSSR count). The molecule has 1 atom stereocenters. The molecule has 0 aliphatic heterocycles. The SMILES string of the molecule is CCC(C)(O)COc1cc(CN)ccc1[N+](=O)[O-]. The quantitative estimate of drug-likeness (QED) is 0.593. The Kier molecular flexibility index (Phi) is 4.63. The van der Waals surface area contributed by atoms with Gasteiger partial charge in [-0.2, -0.15) is 0 Å². The third-order valence-electron chi connectivity index (χ3n) is 2.76. The van der Waals surface area contributed by atoms with E-state index in [0.29, 0.717) is 6.42 Å². The zero-order valence-electron chi connectivity index (χ0n) is 10.5. The number of nitrogens with zero attached hydrogens (tertiary/aromatic N) is 1. The van der Waals surface area contributed by atoms with Crippen molar-refractivity contribution in [2.45, 2.75) is 32.4 Å². The van der Waals surface area contributed by atoms with Crippen molar-refractivity contribution in [3.63, 3.8) is 0 Å². The Hall–Kier alpha value is -1.66. The summed E-state index contributed by atoms with van der Waals surface area (Å²) >= 11 is 0. The summed E-state index contributed by atoms with van der Waals surface area (Å²) in [6.45, 7) is 3.70. The van der Waals surface area contributed by atoms with E-state index in [-0.39, 0.29) is 24.6 Å². The molecule has 0 saturated heterocycles. The van der Waals surface area contributed by atoms with Crippen LogP contribution in [0.3, 0.4) is 0 Å². The maximum atomic E-state index is 10.8. The summed E-state index contributed by atoms with van der Waals surface area (Å²) < 4.78 is 5.35. The van der Waals surface area contributed by atoms with Crippen molar-refractivity contribution in [2.75, 3.05) is 6.61 Å². The van der Waals surface area contributed by atoms with Gasteiger partial charge in [0, 0.05) is 12.6 Å². The first kappa shape index (κ1) is 14.4. The van der Waals surface area contributed by atoms with E-state index in [1.54, 1.807) is 13.0 Å². The molecular weight excluding hydrogens is 236 g/mol. The molecule has 6 nitrogen and oxygen atoms in total. The first-order chi connectivity index (χ1) is 8.39. The molecule has 3 N–H and O–H groups in total. The van der Waals surface area contributed by atoms with Gasteiger partial charge in [-0.05, 0) is 25.0 Å². The number of benzene rings is 1. The average molecular weight is 254 g/mol. The third kappa shape index (κ3) is 3.68. The number of nitrogens with two attached hydrogens (primary N) is 1. The van der Waals surface area contributed by atoms with E-state index in [0.717, 1.165) is 5.56 Å². The highest BCUT2D eigenvalue weighted by Gasteiger charge is 2.22. The van der Waals surface area contributed by atoms with Gasteiger partial charge in [-0.1, -0.05) is 13.0 Å². The minimum Gasteiger partial charge on any atom is -0.484 e. The molecule has 18 heavy (non-hydrogen) atoms. The number of hydrogen-bond donors (Lipinski definition) is 2. The zero-order valence-corrected chi connectivity index (χ0v) is 10.5. The summed E-state index contributed by atoms with van der Waals surface area (Å²) in [4.78, 5) is 10.3. The molecule has 100 valence electrons. The summed E-state index contributed by atoms with van der Waals surface area (Å²) in [7, 11) is 0. The van der Waals surface area contributed by atoms with Gasteiger partial charge >= 0.3 is 5.69 Å². The van der Waals surface area contributed by atoms with Crippen molar-refractivity contribution in [1.29, 1.82) is 0 Å². The van der Waals surface area contributed by atoms with E-state index in [2.05, 4.69) is 0 Å². The lowest BCUT2D eigenvalue weighted by Gasteiger charge is -2.21. The predicted octanol–water partition coefficient (Wildman–Crippen LogP) is 1.59. The number of aliphatic hydroxyl groups is 1. The Morgan fingerprint density at radius 3 is 2.72 bits per heavy atom. The van der Waals surface area contributed by atoms with E-state index in [4.69, 9.17) is 10.5 Å². The molecule has 0 bridgehead atoms. The van der Waals surface area contributed by atoms with Crippen molar-refractivity contribution in [3.8, 4) is 5.75 Å². The fourth-order valence-corrected chi connectivity index (χ4v) is 1.29. The Bertz CT molecular complexity index is 432. The van der Waals surface area contributed by atoms with Gasteiger partial charge in [-0.3, -0.25) is 10.1 Å². The van der Waals surface area contributed by atoms with Crippen molar-refractivity contribution in [1.82, 2.24) is 0 Å². The Morgan fingerprint density at radius 2 is 2.22 bits per heavy atom. The predicted molar refractivity (Wildman–Crippen MR) is 67.4 cm³/mol. The Morgan fingerprint density at radius 1 is 1.56 bits per heavy atom. The lowest BCUT2D eigenvalue weighted by atomic mass is 10.1. The monoisotopic (exact) mass is 254 g/mol. The van der Waals surface area contributed by atoms with Crippen molar-refractivity contribution < 1.29 is 14.8 Å². The van der Waals surface area contributed by atoms with Gasteiger partial charge in [-0.25, -0.2) is 0 Å². The number of nitro groups is 1. The van der Waals surface area contributed by atoms with Crippen LogP contribution in [-0.2, 0) is 6.54 Å². The van der Waals surface area contributed by atoms with E-state index in [1.807, 2.05) is 6.92 Å². The van der Waals surface area contributed by atoms with E-state index in [9.17, 15) is 15.2 Å². The van der Waals surface area contributed by atoms with Crippen LogP contribution in [0.5, 0.6) is 5.75 Å². The van der Waals surface area contributed by atoms with Gasteiger partial charge in [0.2, 0.25) is 0 Å². The molecule has 1 aromatic rings. The minimum absolute atomic E-state index is 0.00162. The van der Waals surface area contributed by atoms with Crippen LogP contribution in [0.25, 0.3) is 0 Å². The highest BCUT2D eigenvalue weighted by molar-refractivity contribution is 5.48. The number of rotatable bonds is 6. The average Bonchev–Trinajstić information content (AvgIpc) is 2.36. The van der Waals surface area contributed by atoms with Crippen LogP contribution in [0.15, 0.2) is 18.2 Å². The van der Waals surface area contributed by atoms with Crippen LogP contribution in [-0.4, -0.2) is 22.2 Å². The maximum Gasteiger partial charge on any atom is 0.310 e. The minimum atomic E-state index is -1.01. The lowest BCUT2D eigenvalue weighted by molar-refractivity contribution is -0.386. The zero-order chi connectivity index (χ0) is 13.8. The fraction of sp³-hybridized carbons (Fsp3) is 0.500. The summed E-state index contributed by atoms with van der Waals surface area (Å²) in [6.07, 6.45) is 0.497. The molecule has 0 aliphatic carbocycles. The molecule has 0 spiro atoms. The molecule has 1 aromatic carbocycles. The molecule has 0 aliphatic rings. The molecule has 0 amide bonds. The molecule has 0 aromatic heterocycles. The first-order valence-corrected chi connectivity index (χ1v) is 5.72. The van der Waals surface area contributed by atoms with Crippen LogP contribution >= 0.6 is 0 Å². The van der Waals surface area contributed by atoms with Gasteiger partial charge in [0.1, 0.15) is 6.61 Å². The number of nitro benzene ring substituents is 1. The Balaban J connectivity index is 2.94. The van der Waals surface area contributed by atoms with Crippen LogP contribution < -0.4 is 10.5 Å². The van der Waals surface area contributed by atoms with Crippen LogP contribution in [0.4, 0.5) is 5.69 Å². The lowest BCUT2D eigenvalue weighted by Crippen LogP contribution is -2.31. The summed E-state index contributed by atoms with van der Waals surface area (Å²) in [6, 6.07) is 4.48. The van der Waals surface area contributed by atoms with Gasteiger partial charge in [0.25, 0.3) is 0 Å². The summed E-state index contributed by atoms with van der Waals surface area (Å²) in [5.74, 6) is 0.136. The second kappa shape index (κ2) is 5.79. The molecule has 0 heterocycles. The smallest absolute Gasteiger partial charge is 0.310 e. The largest absolute Gasteiger partial charge is 0.484 e. The normalized spacial score (nSPS) is 14.0.